The summed E-state index contributed by atoms with van der Waals surface area (Å²) in [7, 11) is -3.59. The molecule has 150 valence electrons. The fourth-order valence-corrected chi connectivity index (χ4v) is 4.48. The highest BCUT2D eigenvalue weighted by molar-refractivity contribution is 7.89. The molecule has 1 aromatic heterocycles. The van der Waals surface area contributed by atoms with Crippen LogP contribution in [0, 0.1) is 6.92 Å². The number of aryl methyl sites for hydroxylation is 1. The number of amides is 2. The average molecular weight is 405 g/mol. The van der Waals surface area contributed by atoms with E-state index < -0.39 is 10.0 Å². The standard InChI is InChI=1S/C19H23N3O5S/c1-15-3-5-17(6-4-15)28(25,26)22-9-2-8-21(10-11-22)18(23)13-20-19(24)16-7-12-27-14-16/h3-7,12,14H,2,8-11,13H2,1H3,(H,20,24). The van der Waals surface area contributed by atoms with E-state index in [0.29, 0.717) is 25.1 Å². The molecule has 1 N–H and O–H groups in total. The Morgan fingerprint density at radius 2 is 1.82 bits per heavy atom. The maximum absolute atomic E-state index is 12.8. The molecule has 1 aliphatic rings. The van der Waals surface area contributed by atoms with Gasteiger partial charge in [-0.1, -0.05) is 17.7 Å². The van der Waals surface area contributed by atoms with E-state index in [-0.39, 0.29) is 36.3 Å². The molecule has 2 amide bonds. The van der Waals surface area contributed by atoms with Crippen molar-refractivity contribution in [2.45, 2.75) is 18.2 Å². The van der Waals surface area contributed by atoms with Crippen LogP contribution in [0.3, 0.4) is 0 Å². The second kappa shape index (κ2) is 8.57. The second-order valence-corrected chi connectivity index (χ2v) is 8.58. The first-order chi connectivity index (χ1) is 13.4. The van der Waals surface area contributed by atoms with Gasteiger partial charge in [-0.05, 0) is 31.5 Å². The van der Waals surface area contributed by atoms with Crippen LogP contribution in [0.1, 0.15) is 22.3 Å². The van der Waals surface area contributed by atoms with E-state index >= 15 is 0 Å². The fraction of sp³-hybridized carbons (Fsp3) is 0.368. The molecule has 0 atom stereocenters. The van der Waals surface area contributed by atoms with Gasteiger partial charge < -0.3 is 14.6 Å². The summed E-state index contributed by atoms with van der Waals surface area (Å²) in [5.41, 5.74) is 1.34. The van der Waals surface area contributed by atoms with Gasteiger partial charge in [-0.2, -0.15) is 4.31 Å². The molecule has 9 heteroatoms. The van der Waals surface area contributed by atoms with Crippen LogP contribution in [-0.4, -0.2) is 62.2 Å². The van der Waals surface area contributed by atoms with Crippen LogP contribution >= 0.6 is 0 Å². The molecule has 1 fully saturated rings. The third kappa shape index (κ3) is 4.60. The van der Waals surface area contributed by atoms with Gasteiger partial charge in [0.1, 0.15) is 6.26 Å². The Hall–Kier alpha value is -2.65. The lowest BCUT2D eigenvalue weighted by Gasteiger charge is -2.22. The number of rotatable bonds is 5. The van der Waals surface area contributed by atoms with Gasteiger partial charge in [0.05, 0.1) is 23.3 Å². The minimum atomic E-state index is -3.59. The summed E-state index contributed by atoms with van der Waals surface area (Å²) in [5, 5.41) is 2.55. The molecule has 1 saturated heterocycles. The first-order valence-electron chi connectivity index (χ1n) is 9.03. The van der Waals surface area contributed by atoms with Gasteiger partial charge in [0.25, 0.3) is 5.91 Å². The van der Waals surface area contributed by atoms with Gasteiger partial charge in [0.2, 0.25) is 15.9 Å². The molecule has 3 rings (SSSR count). The molecule has 2 heterocycles. The van der Waals surface area contributed by atoms with Crippen molar-refractivity contribution in [3.05, 3.63) is 54.0 Å². The highest BCUT2D eigenvalue weighted by Gasteiger charge is 2.28. The van der Waals surface area contributed by atoms with Crippen molar-refractivity contribution in [1.29, 1.82) is 0 Å². The predicted octanol–water partition coefficient (Wildman–Crippen LogP) is 1.24. The van der Waals surface area contributed by atoms with Gasteiger partial charge in [0.15, 0.2) is 0 Å². The molecule has 2 aromatic rings. The van der Waals surface area contributed by atoms with Crippen LogP contribution in [0.4, 0.5) is 0 Å². The van der Waals surface area contributed by atoms with Crippen molar-refractivity contribution in [2.75, 3.05) is 32.7 Å². The highest BCUT2D eigenvalue weighted by Crippen LogP contribution is 2.18. The van der Waals surface area contributed by atoms with Crippen LogP contribution in [-0.2, 0) is 14.8 Å². The molecule has 1 aliphatic heterocycles. The topological polar surface area (TPSA) is 99.9 Å². The first kappa shape index (κ1) is 20.1. The fourth-order valence-electron chi connectivity index (χ4n) is 3.01. The van der Waals surface area contributed by atoms with Gasteiger partial charge in [0, 0.05) is 26.2 Å². The molecule has 28 heavy (non-hydrogen) atoms. The maximum atomic E-state index is 12.8. The number of benzene rings is 1. The average Bonchev–Trinajstić information content (AvgIpc) is 3.10. The van der Waals surface area contributed by atoms with Crippen LogP contribution in [0.2, 0.25) is 0 Å². The van der Waals surface area contributed by atoms with Gasteiger partial charge >= 0.3 is 0 Å². The van der Waals surface area contributed by atoms with Crippen molar-refractivity contribution in [2.24, 2.45) is 0 Å². The Kier molecular flexibility index (Phi) is 6.15. The Bertz CT molecular complexity index is 923. The molecule has 0 aliphatic carbocycles. The van der Waals surface area contributed by atoms with Crippen molar-refractivity contribution in [3.63, 3.8) is 0 Å². The van der Waals surface area contributed by atoms with Crippen molar-refractivity contribution in [3.8, 4) is 0 Å². The molecule has 0 radical (unpaired) electrons. The lowest BCUT2D eigenvalue weighted by atomic mass is 10.2. The molecular formula is C19H23N3O5S. The lowest BCUT2D eigenvalue weighted by Crippen LogP contribution is -2.42. The van der Waals surface area contributed by atoms with Crippen molar-refractivity contribution < 1.29 is 22.4 Å². The SMILES string of the molecule is Cc1ccc(S(=O)(=O)N2CCCN(C(=O)CNC(=O)c3ccoc3)CC2)cc1. The predicted molar refractivity (Wildman–Crippen MR) is 102 cm³/mol. The Morgan fingerprint density at radius 3 is 2.50 bits per heavy atom. The number of nitrogens with zero attached hydrogens (tertiary/aromatic N) is 2. The zero-order chi connectivity index (χ0) is 20.1. The van der Waals surface area contributed by atoms with Crippen molar-refractivity contribution in [1.82, 2.24) is 14.5 Å². The Balaban J connectivity index is 1.57. The molecule has 1 aromatic carbocycles. The lowest BCUT2D eigenvalue weighted by molar-refractivity contribution is -0.129. The number of carbonyl (C=O) groups excluding carboxylic acids is 2. The van der Waals surface area contributed by atoms with E-state index in [9.17, 15) is 18.0 Å². The first-order valence-corrected chi connectivity index (χ1v) is 10.5. The van der Waals surface area contributed by atoms with E-state index in [2.05, 4.69) is 5.32 Å². The minimum absolute atomic E-state index is 0.144. The largest absolute Gasteiger partial charge is 0.472 e. The second-order valence-electron chi connectivity index (χ2n) is 6.65. The molecule has 0 saturated carbocycles. The van der Waals surface area contributed by atoms with E-state index in [4.69, 9.17) is 4.42 Å². The third-order valence-corrected chi connectivity index (χ3v) is 6.56. The number of nitrogens with one attached hydrogen (secondary N) is 1. The van der Waals surface area contributed by atoms with Gasteiger partial charge in [-0.3, -0.25) is 9.59 Å². The van der Waals surface area contributed by atoms with E-state index in [0.717, 1.165) is 5.56 Å². The highest BCUT2D eigenvalue weighted by atomic mass is 32.2. The Morgan fingerprint density at radius 1 is 1.07 bits per heavy atom. The van der Waals surface area contributed by atoms with Crippen LogP contribution in [0.5, 0.6) is 0 Å². The number of hydrogen-bond donors (Lipinski definition) is 1. The zero-order valence-electron chi connectivity index (χ0n) is 15.6. The van der Waals surface area contributed by atoms with E-state index in [1.807, 2.05) is 6.92 Å². The van der Waals surface area contributed by atoms with Crippen molar-refractivity contribution >= 4 is 21.8 Å². The smallest absolute Gasteiger partial charge is 0.254 e. The van der Waals surface area contributed by atoms with Crippen LogP contribution < -0.4 is 5.32 Å². The number of hydrogen-bond acceptors (Lipinski definition) is 5. The number of carbonyl (C=O) groups is 2. The quantitative estimate of drug-likeness (QED) is 0.807. The summed E-state index contributed by atoms with van der Waals surface area (Å²) < 4.78 is 31.9. The normalized spacial score (nSPS) is 15.8. The summed E-state index contributed by atoms with van der Waals surface area (Å²) in [6.07, 6.45) is 3.22. The summed E-state index contributed by atoms with van der Waals surface area (Å²) in [5.74, 6) is -0.632. The summed E-state index contributed by atoms with van der Waals surface area (Å²) in [4.78, 5) is 26.1. The summed E-state index contributed by atoms with van der Waals surface area (Å²) in [6.45, 7) is 3.05. The third-order valence-electron chi connectivity index (χ3n) is 4.65. The van der Waals surface area contributed by atoms with Crippen LogP contribution in [0.15, 0.2) is 52.2 Å². The monoisotopic (exact) mass is 405 g/mol. The zero-order valence-corrected chi connectivity index (χ0v) is 16.4. The minimum Gasteiger partial charge on any atom is -0.472 e. The number of furan rings is 1. The van der Waals surface area contributed by atoms with E-state index in [1.165, 1.54) is 22.9 Å². The molecule has 0 bridgehead atoms. The van der Waals surface area contributed by atoms with E-state index in [1.54, 1.807) is 29.2 Å². The molecule has 0 unspecified atom stereocenters. The van der Waals surface area contributed by atoms with Crippen LogP contribution in [0.25, 0.3) is 0 Å². The molecule has 8 nitrogen and oxygen atoms in total. The number of sulfonamides is 1. The molecule has 0 spiro atoms. The maximum Gasteiger partial charge on any atom is 0.254 e. The summed E-state index contributed by atoms with van der Waals surface area (Å²) >= 11 is 0. The summed E-state index contributed by atoms with van der Waals surface area (Å²) in [6, 6.07) is 8.25. The Labute approximate surface area is 164 Å². The van der Waals surface area contributed by atoms with Gasteiger partial charge in [-0.25, -0.2) is 8.42 Å². The van der Waals surface area contributed by atoms with Gasteiger partial charge in [-0.15, -0.1) is 0 Å². The molecular weight excluding hydrogens is 382 g/mol.